The fourth-order valence-electron chi connectivity index (χ4n) is 5.71. The Balaban J connectivity index is 1.24. The van der Waals surface area contributed by atoms with E-state index in [9.17, 15) is 4.79 Å². The molecule has 0 aromatic carbocycles. The number of amides is 1. The van der Waals surface area contributed by atoms with Crippen molar-refractivity contribution in [3.8, 4) is 0 Å². The molecule has 1 saturated carbocycles. The number of rotatable bonds is 3. The molecule has 1 spiro atoms. The molecule has 4 heterocycles. The molecule has 35 heavy (non-hydrogen) atoms. The number of fused-ring (bicyclic) bond motifs is 3. The highest BCUT2D eigenvalue weighted by Gasteiger charge is 2.43. The quantitative estimate of drug-likeness (QED) is 0.681. The monoisotopic (exact) mass is 475 g/mol. The van der Waals surface area contributed by atoms with Crippen LogP contribution in [0.2, 0.25) is 0 Å². The third-order valence-corrected chi connectivity index (χ3v) is 7.99. The summed E-state index contributed by atoms with van der Waals surface area (Å²) in [5, 5.41) is 10.9. The van der Waals surface area contributed by atoms with Gasteiger partial charge in [0.05, 0.1) is 6.54 Å². The summed E-state index contributed by atoms with van der Waals surface area (Å²) in [6.07, 6.45) is 17.5. The van der Waals surface area contributed by atoms with Gasteiger partial charge in [-0.1, -0.05) is 37.5 Å². The maximum Gasteiger partial charge on any atom is 0.407 e. The number of hydrogen-bond donors (Lipinski definition) is 2. The van der Waals surface area contributed by atoms with Crippen molar-refractivity contribution in [3.05, 3.63) is 47.5 Å². The minimum absolute atomic E-state index is 0.229. The number of anilines is 2. The number of nitrogens with zero attached hydrogens (tertiary/aromatic N) is 5. The van der Waals surface area contributed by atoms with Crippen molar-refractivity contribution < 1.29 is 9.53 Å². The Kier molecular flexibility index (Phi) is 5.30. The van der Waals surface area contributed by atoms with Gasteiger partial charge in [-0.2, -0.15) is 4.98 Å². The summed E-state index contributed by atoms with van der Waals surface area (Å²) in [5.41, 5.74) is 4.55. The fraction of sp³-hybridized carbons (Fsp3) is 0.538. The number of piperidine rings is 1. The number of alkyl carbamates (subject to hydrolysis) is 1. The number of carbonyl (C=O) groups excluding carboxylic acids is 1. The first-order valence-corrected chi connectivity index (χ1v) is 12.7. The van der Waals surface area contributed by atoms with Gasteiger partial charge in [-0.05, 0) is 43.3 Å². The van der Waals surface area contributed by atoms with Crippen LogP contribution in [0, 0.1) is 5.41 Å². The number of ether oxygens (including phenoxy) is 1. The van der Waals surface area contributed by atoms with Crippen LogP contribution in [0.15, 0.2) is 47.5 Å². The predicted molar refractivity (Wildman–Crippen MR) is 134 cm³/mol. The molecule has 2 saturated heterocycles. The van der Waals surface area contributed by atoms with Gasteiger partial charge in [-0.3, -0.25) is 0 Å². The average molecular weight is 476 g/mol. The van der Waals surface area contributed by atoms with Crippen LogP contribution in [0.5, 0.6) is 0 Å². The molecule has 3 fully saturated rings. The zero-order valence-electron chi connectivity index (χ0n) is 20.5. The van der Waals surface area contributed by atoms with Gasteiger partial charge in [-0.15, -0.1) is 5.10 Å². The topological polar surface area (TPSA) is 96.7 Å². The van der Waals surface area contributed by atoms with Crippen molar-refractivity contribution in [2.24, 2.45) is 5.41 Å². The van der Waals surface area contributed by atoms with Crippen molar-refractivity contribution in [2.45, 2.75) is 64.4 Å². The SMILES string of the molecule is CC1(C)CCCCC2=CC(Nc3nc4c(N5CCC6(CC5)CNC(=O)O6)nccn4n3)=CC=C1C2. The molecule has 9 nitrogen and oxygen atoms in total. The molecule has 0 unspecified atom stereocenters. The largest absolute Gasteiger partial charge is 0.441 e. The van der Waals surface area contributed by atoms with Crippen LogP contribution >= 0.6 is 0 Å². The maximum absolute atomic E-state index is 11.6. The van der Waals surface area contributed by atoms with E-state index in [4.69, 9.17) is 9.72 Å². The molecule has 184 valence electrons. The normalized spacial score (nSPS) is 23.4. The Morgan fingerprint density at radius 1 is 1.14 bits per heavy atom. The minimum Gasteiger partial charge on any atom is -0.441 e. The summed E-state index contributed by atoms with van der Waals surface area (Å²) >= 11 is 0. The molecule has 2 N–H and O–H groups in total. The van der Waals surface area contributed by atoms with Gasteiger partial charge in [0, 0.05) is 44.0 Å². The molecule has 0 atom stereocenters. The highest BCUT2D eigenvalue weighted by atomic mass is 16.6. The Labute approximate surface area is 205 Å². The highest BCUT2D eigenvalue weighted by Crippen LogP contribution is 2.41. The lowest BCUT2D eigenvalue weighted by Gasteiger charge is -2.37. The number of carbonyl (C=O) groups is 1. The van der Waals surface area contributed by atoms with Crippen LogP contribution in [-0.2, 0) is 4.74 Å². The summed E-state index contributed by atoms with van der Waals surface area (Å²) in [4.78, 5) is 23.2. The van der Waals surface area contributed by atoms with Crippen LogP contribution < -0.4 is 15.5 Å². The van der Waals surface area contributed by atoms with Crippen LogP contribution in [0.4, 0.5) is 16.6 Å². The zero-order chi connectivity index (χ0) is 24.0. The number of aromatic nitrogens is 4. The molecule has 2 aliphatic carbocycles. The van der Waals surface area contributed by atoms with E-state index in [0.29, 0.717) is 12.5 Å². The fourth-order valence-corrected chi connectivity index (χ4v) is 5.71. The molecule has 1 amide bonds. The van der Waals surface area contributed by atoms with Gasteiger partial charge in [0.2, 0.25) is 5.95 Å². The van der Waals surface area contributed by atoms with Gasteiger partial charge >= 0.3 is 6.09 Å². The molecule has 0 radical (unpaired) electrons. The molecule has 2 aromatic heterocycles. The van der Waals surface area contributed by atoms with E-state index >= 15 is 0 Å². The lowest BCUT2D eigenvalue weighted by Crippen LogP contribution is -2.47. The van der Waals surface area contributed by atoms with Crippen LogP contribution in [0.25, 0.3) is 5.65 Å². The van der Waals surface area contributed by atoms with E-state index in [-0.39, 0.29) is 11.5 Å². The van der Waals surface area contributed by atoms with E-state index in [1.807, 2.05) is 6.20 Å². The average Bonchev–Trinajstić information content (AvgIpc) is 3.33. The van der Waals surface area contributed by atoms with E-state index in [1.54, 1.807) is 10.7 Å². The summed E-state index contributed by atoms with van der Waals surface area (Å²) in [6.45, 7) is 6.80. The Hall–Kier alpha value is -3.36. The van der Waals surface area contributed by atoms with Gasteiger partial charge in [-0.25, -0.2) is 14.3 Å². The van der Waals surface area contributed by atoms with Crippen LogP contribution in [0.1, 0.15) is 58.8 Å². The lowest BCUT2D eigenvalue weighted by molar-refractivity contribution is 0.0366. The Morgan fingerprint density at radius 3 is 2.80 bits per heavy atom. The molecular weight excluding hydrogens is 442 g/mol. The number of allylic oxidation sites excluding steroid dienone is 5. The standard InChI is InChI=1S/C26H33N7O2/c1-25(2)8-4-3-5-18-15-19(25)6-7-20(16-18)29-23-30-22-21(27-11-14-33(22)31-23)32-12-9-26(10-13-32)17-28-24(34)35-26/h6-7,11,14,16H,3-5,8-10,12-13,15,17H2,1-2H3,(H,28,34)(H,29,31). The molecule has 6 rings (SSSR count). The van der Waals surface area contributed by atoms with E-state index in [0.717, 1.165) is 55.9 Å². The van der Waals surface area contributed by atoms with Gasteiger partial charge in [0.15, 0.2) is 11.5 Å². The van der Waals surface area contributed by atoms with E-state index < -0.39 is 5.60 Å². The van der Waals surface area contributed by atoms with Crippen molar-refractivity contribution in [1.82, 2.24) is 24.9 Å². The second kappa shape index (κ2) is 8.39. The smallest absolute Gasteiger partial charge is 0.407 e. The molecule has 4 aliphatic rings. The third-order valence-electron chi connectivity index (χ3n) is 7.99. The van der Waals surface area contributed by atoms with Crippen LogP contribution in [0.3, 0.4) is 0 Å². The van der Waals surface area contributed by atoms with Crippen molar-refractivity contribution >= 4 is 23.5 Å². The lowest BCUT2D eigenvalue weighted by atomic mass is 9.74. The van der Waals surface area contributed by atoms with Gasteiger partial charge in [0.1, 0.15) is 5.60 Å². The highest BCUT2D eigenvalue weighted by molar-refractivity contribution is 5.70. The first kappa shape index (κ1) is 22.1. The minimum atomic E-state index is -0.391. The second-order valence-corrected chi connectivity index (χ2v) is 10.9. The zero-order valence-corrected chi connectivity index (χ0v) is 20.5. The molecule has 2 aromatic rings. The predicted octanol–water partition coefficient (Wildman–Crippen LogP) is 4.36. The summed E-state index contributed by atoms with van der Waals surface area (Å²) in [5.74, 6) is 1.37. The third kappa shape index (κ3) is 4.28. The van der Waals surface area contributed by atoms with Crippen molar-refractivity contribution in [3.63, 3.8) is 0 Å². The van der Waals surface area contributed by atoms with Crippen molar-refractivity contribution in [1.29, 1.82) is 0 Å². The maximum atomic E-state index is 11.6. The first-order chi connectivity index (χ1) is 16.9. The Bertz CT molecular complexity index is 1250. The van der Waals surface area contributed by atoms with Gasteiger partial charge in [0.25, 0.3) is 0 Å². The van der Waals surface area contributed by atoms with E-state index in [1.165, 1.54) is 30.4 Å². The number of hydrogen-bond acceptors (Lipinski definition) is 7. The Morgan fingerprint density at radius 2 is 2.00 bits per heavy atom. The second-order valence-electron chi connectivity index (χ2n) is 10.9. The molecule has 9 heteroatoms. The van der Waals surface area contributed by atoms with Crippen LogP contribution in [-0.4, -0.2) is 50.9 Å². The molecular formula is C26H33N7O2. The summed E-state index contributed by atoms with van der Waals surface area (Å²) in [6, 6.07) is 0. The van der Waals surface area contributed by atoms with Crippen molar-refractivity contribution in [2.75, 3.05) is 29.9 Å². The summed E-state index contributed by atoms with van der Waals surface area (Å²) in [7, 11) is 0. The van der Waals surface area contributed by atoms with Gasteiger partial charge < -0.3 is 20.3 Å². The first-order valence-electron chi connectivity index (χ1n) is 12.7. The molecule has 2 aliphatic heterocycles. The summed E-state index contributed by atoms with van der Waals surface area (Å²) < 4.78 is 7.35. The number of nitrogens with one attached hydrogen (secondary N) is 2. The van der Waals surface area contributed by atoms with E-state index in [2.05, 4.69) is 57.7 Å². The molecule has 2 bridgehead atoms.